The summed E-state index contributed by atoms with van der Waals surface area (Å²) in [5.41, 5.74) is -1.04. The lowest BCUT2D eigenvalue weighted by molar-refractivity contribution is -0.605. The number of hydrogen-bond donors (Lipinski definition) is 2. The molecular formula is C18H21F2N5O3. The molecule has 0 unspecified atom stereocenters. The molecule has 2 aromatic heterocycles. The first-order valence-corrected chi connectivity index (χ1v) is 9.03. The summed E-state index contributed by atoms with van der Waals surface area (Å²) in [6, 6.07) is -0.635. The Bertz CT molecular complexity index is 953. The Labute approximate surface area is 159 Å². The lowest BCUT2D eigenvalue weighted by atomic mass is 9.87. The average molecular weight is 393 g/mol. The maximum atomic E-state index is 14.9. The van der Waals surface area contributed by atoms with Gasteiger partial charge >= 0.3 is 0 Å². The van der Waals surface area contributed by atoms with Crippen molar-refractivity contribution in [1.82, 2.24) is 20.1 Å². The molecule has 0 saturated heterocycles. The van der Waals surface area contributed by atoms with Crippen LogP contribution < -0.4 is 10.0 Å². The number of amides is 1. The maximum Gasteiger partial charge on any atom is 0.280 e. The highest BCUT2D eigenvalue weighted by atomic mass is 19.3. The van der Waals surface area contributed by atoms with Gasteiger partial charge in [0.1, 0.15) is 0 Å². The fourth-order valence-corrected chi connectivity index (χ4v) is 3.76. The van der Waals surface area contributed by atoms with Gasteiger partial charge in [-0.1, -0.05) is 20.8 Å². The Morgan fingerprint density at radius 1 is 1.54 bits per heavy atom. The topological polar surface area (TPSA) is 107 Å². The SMILES string of the molecule is CC(C)(C)[C@@H](CO)NC(=O)c1nn(-c2c[n+]([O-])ccn2)c2c1C(F)(F)[C@@H]1C[C@H]21. The molecule has 0 aliphatic heterocycles. The number of carbonyl (C=O) groups excluding carboxylic acids is 1. The second-order valence-corrected chi connectivity index (χ2v) is 8.44. The van der Waals surface area contributed by atoms with Crippen molar-refractivity contribution in [3.63, 3.8) is 0 Å². The van der Waals surface area contributed by atoms with Crippen LogP contribution in [0.15, 0.2) is 18.6 Å². The van der Waals surface area contributed by atoms with E-state index in [1.807, 2.05) is 20.8 Å². The molecule has 0 spiro atoms. The quantitative estimate of drug-likeness (QED) is 0.601. The van der Waals surface area contributed by atoms with Gasteiger partial charge in [0.15, 0.2) is 11.9 Å². The fourth-order valence-electron chi connectivity index (χ4n) is 3.76. The molecule has 28 heavy (non-hydrogen) atoms. The van der Waals surface area contributed by atoms with E-state index in [1.54, 1.807) is 0 Å². The first kappa shape index (κ1) is 18.7. The number of rotatable bonds is 4. The molecule has 1 fully saturated rings. The number of aliphatic hydroxyl groups excluding tert-OH is 1. The van der Waals surface area contributed by atoms with Crippen molar-refractivity contribution < 1.29 is 23.4 Å². The maximum absolute atomic E-state index is 14.9. The minimum Gasteiger partial charge on any atom is -0.619 e. The van der Waals surface area contributed by atoms with Crippen LogP contribution in [0.1, 0.15) is 54.9 Å². The van der Waals surface area contributed by atoms with Crippen molar-refractivity contribution in [1.29, 1.82) is 0 Å². The van der Waals surface area contributed by atoms with Gasteiger partial charge in [-0.25, -0.2) is 18.4 Å². The highest BCUT2D eigenvalue weighted by molar-refractivity contribution is 5.95. The van der Waals surface area contributed by atoms with Crippen LogP contribution >= 0.6 is 0 Å². The highest BCUT2D eigenvalue weighted by Crippen LogP contribution is 2.67. The lowest BCUT2D eigenvalue weighted by Crippen LogP contribution is -2.46. The van der Waals surface area contributed by atoms with E-state index in [2.05, 4.69) is 15.4 Å². The van der Waals surface area contributed by atoms with Crippen LogP contribution in [-0.4, -0.2) is 38.4 Å². The first-order chi connectivity index (χ1) is 13.1. The van der Waals surface area contributed by atoms with E-state index in [1.165, 1.54) is 17.1 Å². The van der Waals surface area contributed by atoms with Crippen LogP contribution in [0.4, 0.5) is 8.78 Å². The van der Waals surface area contributed by atoms with E-state index >= 15 is 0 Å². The van der Waals surface area contributed by atoms with E-state index in [-0.39, 0.29) is 18.1 Å². The van der Waals surface area contributed by atoms with Gasteiger partial charge in [-0.3, -0.25) is 4.79 Å². The molecule has 2 aliphatic rings. The molecule has 0 radical (unpaired) electrons. The Hall–Kier alpha value is -2.62. The van der Waals surface area contributed by atoms with Crippen LogP contribution in [-0.2, 0) is 5.92 Å². The minimum atomic E-state index is -3.18. The monoisotopic (exact) mass is 393 g/mol. The standard InChI is InChI=1S/C18H21F2N5O3/c1-17(2,3)11(8-26)22-16(27)14-13-15(9-6-10(9)18(13,19)20)25(23-14)12-7-24(28)5-4-21-12/h4-5,7,9-11,26H,6,8H2,1-3H3,(H,22,27)/t9-,10+,11+/m0/s1. The minimum absolute atomic E-state index is 0.0747. The zero-order valence-electron chi connectivity index (χ0n) is 15.7. The summed E-state index contributed by atoms with van der Waals surface area (Å²) in [4.78, 5) is 16.9. The third-order valence-electron chi connectivity index (χ3n) is 5.49. The van der Waals surface area contributed by atoms with Gasteiger partial charge in [0, 0.05) is 11.8 Å². The van der Waals surface area contributed by atoms with Gasteiger partial charge in [-0.05, 0) is 11.8 Å². The zero-order chi connectivity index (χ0) is 20.4. The Morgan fingerprint density at radius 3 is 2.86 bits per heavy atom. The number of carbonyl (C=O) groups is 1. The normalized spacial score (nSPS) is 23.1. The van der Waals surface area contributed by atoms with E-state index in [0.29, 0.717) is 11.2 Å². The molecular weight excluding hydrogens is 372 g/mol. The zero-order valence-corrected chi connectivity index (χ0v) is 15.7. The van der Waals surface area contributed by atoms with Gasteiger partial charge in [0.2, 0.25) is 12.0 Å². The van der Waals surface area contributed by atoms with Gasteiger partial charge in [0.05, 0.1) is 30.1 Å². The molecule has 3 atom stereocenters. The summed E-state index contributed by atoms with van der Waals surface area (Å²) in [7, 11) is 0. The van der Waals surface area contributed by atoms with E-state index in [9.17, 15) is 23.9 Å². The smallest absolute Gasteiger partial charge is 0.280 e. The molecule has 2 aliphatic carbocycles. The number of aromatic nitrogens is 4. The molecule has 1 saturated carbocycles. The lowest BCUT2D eigenvalue weighted by Gasteiger charge is -2.29. The fraction of sp³-hybridized carbons (Fsp3) is 0.556. The summed E-state index contributed by atoms with van der Waals surface area (Å²) < 4.78 is 31.4. The van der Waals surface area contributed by atoms with Crippen LogP contribution in [0.5, 0.6) is 0 Å². The number of alkyl halides is 2. The molecule has 2 aromatic rings. The molecule has 1 amide bonds. The number of fused-ring (bicyclic) bond motifs is 3. The molecule has 8 nitrogen and oxygen atoms in total. The molecule has 4 rings (SSSR count). The van der Waals surface area contributed by atoms with Crippen LogP contribution in [0, 0.1) is 16.5 Å². The Morgan fingerprint density at radius 2 is 2.25 bits per heavy atom. The second kappa shape index (κ2) is 5.94. The number of aliphatic hydroxyl groups is 1. The largest absolute Gasteiger partial charge is 0.619 e. The number of nitrogens with one attached hydrogen (secondary N) is 1. The Kier molecular flexibility index (Phi) is 3.97. The van der Waals surface area contributed by atoms with Crippen molar-refractivity contribution in [3.05, 3.63) is 40.7 Å². The van der Waals surface area contributed by atoms with Gasteiger partial charge in [0.25, 0.3) is 11.8 Å². The van der Waals surface area contributed by atoms with Crippen molar-refractivity contribution in [3.8, 4) is 5.82 Å². The van der Waals surface area contributed by atoms with E-state index in [4.69, 9.17) is 0 Å². The van der Waals surface area contributed by atoms with Crippen molar-refractivity contribution in [2.45, 2.75) is 45.1 Å². The molecule has 0 bridgehead atoms. The van der Waals surface area contributed by atoms with Crippen LogP contribution in [0.2, 0.25) is 0 Å². The molecule has 150 valence electrons. The predicted molar refractivity (Wildman–Crippen MR) is 92.9 cm³/mol. The van der Waals surface area contributed by atoms with E-state index in [0.717, 1.165) is 6.20 Å². The molecule has 2 heterocycles. The van der Waals surface area contributed by atoms with Gasteiger partial charge in [-0.15, -0.1) is 0 Å². The van der Waals surface area contributed by atoms with Gasteiger partial charge in [-0.2, -0.15) is 9.83 Å². The van der Waals surface area contributed by atoms with Crippen molar-refractivity contribution >= 4 is 5.91 Å². The average Bonchev–Trinajstić information content (AvgIpc) is 3.25. The molecule has 0 aromatic carbocycles. The van der Waals surface area contributed by atoms with E-state index < -0.39 is 46.4 Å². The highest BCUT2D eigenvalue weighted by Gasteiger charge is 2.67. The second-order valence-electron chi connectivity index (χ2n) is 8.44. The third-order valence-corrected chi connectivity index (χ3v) is 5.49. The van der Waals surface area contributed by atoms with Crippen molar-refractivity contribution in [2.75, 3.05) is 6.61 Å². The summed E-state index contributed by atoms with van der Waals surface area (Å²) in [5, 5.41) is 27.9. The van der Waals surface area contributed by atoms with Crippen molar-refractivity contribution in [2.24, 2.45) is 11.3 Å². The van der Waals surface area contributed by atoms with Crippen LogP contribution in [0.25, 0.3) is 5.82 Å². The summed E-state index contributed by atoms with van der Waals surface area (Å²) in [5.74, 6) is -5.17. The first-order valence-electron chi connectivity index (χ1n) is 9.03. The molecule has 2 N–H and O–H groups in total. The predicted octanol–water partition coefficient (Wildman–Crippen LogP) is 1.25. The third kappa shape index (κ3) is 2.74. The Balaban J connectivity index is 1.80. The number of nitrogens with zero attached hydrogens (tertiary/aromatic N) is 4. The molecule has 10 heteroatoms. The number of hydrogen-bond acceptors (Lipinski definition) is 5. The number of halogens is 2. The van der Waals surface area contributed by atoms with Crippen LogP contribution in [0.3, 0.4) is 0 Å². The summed E-state index contributed by atoms with van der Waals surface area (Å²) >= 11 is 0. The van der Waals surface area contributed by atoms with Gasteiger partial charge < -0.3 is 15.6 Å². The summed E-state index contributed by atoms with van der Waals surface area (Å²) in [6.07, 6.45) is 3.84. The summed E-state index contributed by atoms with van der Waals surface area (Å²) in [6.45, 7) is 5.13.